The van der Waals surface area contributed by atoms with Crippen molar-refractivity contribution in [1.82, 2.24) is 0 Å². The van der Waals surface area contributed by atoms with Crippen LogP contribution in [0, 0.1) is 6.92 Å². The molecule has 0 aliphatic heterocycles. The number of aryl methyl sites for hydroxylation is 2. The largest absolute Gasteiger partial charge is 0.463 e. The topological polar surface area (TPSA) is 13.1 Å². The van der Waals surface area contributed by atoms with E-state index in [2.05, 4.69) is 45.0 Å². The van der Waals surface area contributed by atoms with E-state index in [9.17, 15) is 0 Å². The zero-order valence-corrected chi connectivity index (χ0v) is 12.4. The minimum absolute atomic E-state index is 0.301. The highest BCUT2D eigenvalue weighted by Crippen LogP contribution is 2.41. The van der Waals surface area contributed by atoms with Gasteiger partial charge >= 0.3 is 0 Å². The maximum atomic E-state index is 5.80. The summed E-state index contributed by atoms with van der Waals surface area (Å²) in [5.74, 6) is 0. The lowest BCUT2D eigenvalue weighted by Gasteiger charge is -2.33. The second-order valence-corrected chi connectivity index (χ2v) is 6.79. The molecule has 1 heteroatoms. The van der Waals surface area contributed by atoms with Gasteiger partial charge in [0, 0.05) is 10.8 Å². The lowest BCUT2D eigenvalue weighted by molar-refractivity contribution is 0.433. The Hall–Kier alpha value is -1.76. The Morgan fingerprint density at radius 2 is 1.75 bits per heavy atom. The van der Waals surface area contributed by atoms with E-state index in [1.165, 1.54) is 52.1 Å². The number of hydrogen-bond acceptors (Lipinski definition) is 1. The molecule has 0 radical (unpaired) electrons. The molecule has 1 aliphatic rings. The molecular weight excluding hydrogens is 244 g/mol. The molecule has 2 aromatic carbocycles. The Morgan fingerprint density at radius 1 is 1.00 bits per heavy atom. The number of fused-ring (bicyclic) bond motifs is 5. The van der Waals surface area contributed by atoms with Crippen molar-refractivity contribution in [1.29, 1.82) is 0 Å². The number of benzene rings is 2. The Kier molecular flexibility index (Phi) is 2.33. The second kappa shape index (κ2) is 3.88. The summed E-state index contributed by atoms with van der Waals surface area (Å²) in [5, 5.41) is 3.90. The van der Waals surface area contributed by atoms with Crippen LogP contribution in [-0.2, 0) is 11.8 Å². The minimum atomic E-state index is 0.301. The molecule has 102 valence electrons. The van der Waals surface area contributed by atoms with Crippen molar-refractivity contribution < 1.29 is 4.42 Å². The first-order valence-corrected chi connectivity index (χ1v) is 7.51. The normalized spacial score (nSPS) is 17.6. The predicted molar refractivity (Wildman–Crippen MR) is 84.4 cm³/mol. The monoisotopic (exact) mass is 264 g/mol. The molecule has 0 saturated heterocycles. The Labute approximate surface area is 119 Å². The smallest absolute Gasteiger partial charge is 0.141 e. The van der Waals surface area contributed by atoms with E-state index in [-0.39, 0.29) is 0 Å². The summed E-state index contributed by atoms with van der Waals surface area (Å²) in [6, 6.07) is 9.10. The van der Waals surface area contributed by atoms with Crippen molar-refractivity contribution >= 4 is 21.7 Å². The Balaban J connectivity index is 2.12. The van der Waals surface area contributed by atoms with E-state index in [4.69, 9.17) is 4.42 Å². The van der Waals surface area contributed by atoms with Crippen LogP contribution in [0.3, 0.4) is 0 Å². The fraction of sp³-hybridized carbons (Fsp3) is 0.368. The van der Waals surface area contributed by atoms with Crippen molar-refractivity contribution in [2.24, 2.45) is 0 Å². The van der Waals surface area contributed by atoms with Gasteiger partial charge in [0.1, 0.15) is 5.58 Å². The van der Waals surface area contributed by atoms with Crippen LogP contribution in [0.1, 0.15) is 43.4 Å². The molecule has 0 atom stereocenters. The molecule has 1 heterocycles. The molecule has 20 heavy (non-hydrogen) atoms. The minimum Gasteiger partial charge on any atom is -0.463 e. The van der Waals surface area contributed by atoms with Gasteiger partial charge in [-0.1, -0.05) is 38.1 Å². The summed E-state index contributed by atoms with van der Waals surface area (Å²) >= 11 is 0. The molecule has 1 nitrogen and oxygen atoms in total. The van der Waals surface area contributed by atoms with Gasteiger partial charge in [-0.25, -0.2) is 0 Å². The van der Waals surface area contributed by atoms with Crippen molar-refractivity contribution in [3.8, 4) is 0 Å². The van der Waals surface area contributed by atoms with Gasteiger partial charge in [-0.3, -0.25) is 0 Å². The highest BCUT2D eigenvalue weighted by Gasteiger charge is 2.28. The highest BCUT2D eigenvalue weighted by molar-refractivity contribution is 6.06. The zero-order chi connectivity index (χ0) is 13.9. The summed E-state index contributed by atoms with van der Waals surface area (Å²) in [5.41, 5.74) is 5.63. The zero-order valence-electron chi connectivity index (χ0n) is 12.4. The highest BCUT2D eigenvalue weighted by atomic mass is 16.3. The van der Waals surface area contributed by atoms with Crippen molar-refractivity contribution in [2.45, 2.75) is 45.4 Å². The molecule has 0 unspecified atom stereocenters. The molecule has 0 spiro atoms. The summed E-state index contributed by atoms with van der Waals surface area (Å²) in [6.07, 6.45) is 5.64. The van der Waals surface area contributed by atoms with Crippen molar-refractivity contribution in [3.63, 3.8) is 0 Å². The van der Waals surface area contributed by atoms with Gasteiger partial charge in [-0.2, -0.15) is 0 Å². The third kappa shape index (κ3) is 1.49. The van der Waals surface area contributed by atoms with E-state index in [1.54, 1.807) is 0 Å². The van der Waals surface area contributed by atoms with Gasteiger partial charge in [0.05, 0.1) is 6.26 Å². The average Bonchev–Trinajstić information content (AvgIpc) is 2.80. The standard InChI is InChI=1S/C19H20O/c1-12-11-20-18-13(12)6-7-14-15-5-4-10-19(2,3)17(15)9-8-16(14)18/h6-9,11H,4-5,10H2,1-3H3. The van der Waals surface area contributed by atoms with E-state index in [1.807, 2.05) is 6.26 Å². The lowest BCUT2D eigenvalue weighted by Crippen LogP contribution is -2.23. The van der Waals surface area contributed by atoms with Crippen LogP contribution in [0.4, 0.5) is 0 Å². The van der Waals surface area contributed by atoms with E-state index >= 15 is 0 Å². The molecule has 0 saturated carbocycles. The van der Waals surface area contributed by atoms with E-state index < -0.39 is 0 Å². The molecule has 0 amide bonds. The fourth-order valence-corrected chi connectivity index (χ4v) is 3.83. The van der Waals surface area contributed by atoms with Crippen LogP contribution >= 0.6 is 0 Å². The lowest BCUT2D eigenvalue weighted by atomic mass is 9.71. The molecule has 4 rings (SSSR count). The second-order valence-electron chi connectivity index (χ2n) is 6.79. The molecule has 0 fully saturated rings. The van der Waals surface area contributed by atoms with Gasteiger partial charge in [-0.15, -0.1) is 0 Å². The van der Waals surface area contributed by atoms with Gasteiger partial charge in [0.25, 0.3) is 0 Å². The number of hydrogen-bond donors (Lipinski definition) is 0. The van der Waals surface area contributed by atoms with Crippen LogP contribution < -0.4 is 0 Å². The Morgan fingerprint density at radius 3 is 2.60 bits per heavy atom. The summed E-state index contributed by atoms with van der Waals surface area (Å²) in [6.45, 7) is 6.85. The van der Waals surface area contributed by atoms with Gasteiger partial charge in [0.2, 0.25) is 0 Å². The molecule has 0 bridgehead atoms. The quantitative estimate of drug-likeness (QED) is 0.522. The van der Waals surface area contributed by atoms with Crippen molar-refractivity contribution in [3.05, 3.63) is 47.2 Å². The number of furan rings is 1. The predicted octanol–water partition coefficient (Wildman–Crippen LogP) is 5.51. The first-order chi connectivity index (χ1) is 9.58. The summed E-state index contributed by atoms with van der Waals surface area (Å²) < 4.78 is 5.80. The van der Waals surface area contributed by atoms with E-state index in [0.717, 1.165) is 5.58 Å². The first-order valence-electron chi connectivity index (χ1n) is 7.51. The van der Waals surface area contributed by atoms with Gasteiger partial charge in [-0.05, 0) is 53.7 Å². The third-order valence-electron chi connectivity index (χ3n) is 5.00. The fourth-order valence-electron chi connectivity index (χ4n) is 3.83. The maximum Gasteiger partial charge on any atom is 0.141 e. The summed E-state index contributed by atoms with van der Waals surface area (Å²) in [7, 11) is 0. The average molecular weight is 264 g/mol. The SMILES string of the molecule is Cc1coc2c1ccc1c3c(ccc12)C(C)(C)CCC3. The number of rotatable bonds is 0. The van der Waals surface area contributed by atoms with E-state index in [0.29, 0.717) is 5.41 Å². The summed E-state index contributed by atoms with van der Waals surface area (Å²) in [4.78, 5) is 0. The van der Waals surface area contributed by atoms with Crippen LogP contribution in [0.2, 0.25) is 0 Å². The van der Waals surface area contributed by atoms with Crippen LogP contribution in [-0.4, -0.2) is 0 Å². The van der Waals surface area contributed by atoms with Crippen LogP contribution in [0.5, 0.6) is 0 Å². The molecular formula is C19H20O. The third-order valence-corrected chi connectivity index (χ3v) is 5.00. The first kappa shape index (κ1) is 12.0. The van der Waals surface area contributed by atoms with Crippen LogP contribution in [0.25, 0.3) is 21.7 Å². The van der Waals surface area contributed by atoms with Gasteiger partial charge < -0.3 is 4.42 Å². The molecule has 0 N–H and O–H groups in total. The van der Waals surface area contributed by atoms with Crippen LogP contribution in [0.15, 0.2) is 34.9 Å². The molecule has 3 aromatic rings. The Bertz CT molecular complexity index is 821. The van der Waals surface area contributed by atoms with Gasteiger partial charge in [0.15, 0.2) is 0 Å². The molecule has 1 aromatic heterocycles. The molecule has 1 aliphatic carbocycles. The van der Waals surface area contributed by atoms with Crippen molar-refractivity contribution in [2.75, 3.05) is 0 Å². The maximum absolute atomic E-state index is 5.80.